The zero-order valence-electron chi connectivity index (χ0n) is 24.7. The SMILES string of the molecule is CON(C)CC(=O)Nc1ccc(-c2ccc(O)c3c2CC2CC4C(N(C)C)C(=O)C(C(N)=O)C(=O)C4(O)C(=O)C2C3=O)cc1. The molecule has 0 heterocycles. The van der Waals surface area contributed by atoms with Crippen molar-refractivity contribution in [1.29, 1.82) is 0 Å². The molecule has 5 N–H and O–H groups in total. The number of carbonyl (C=O) groups excluding carboxylic acids is 6. The molecule has 0 aromatic heterocycles. The predicted octanol–water partition coefficient (Wildman–Crippen LogP) is -0.0343. The number of nitrogens with zero attached hydrogens (tertiary/aromatic N) is 2. The number of ketones is 4. The molecule has 2 saturated carbocycles. The quantitative estimate of drug-likeness (QED) is 0.244. The summed E-state index contributed by atoms with van der Waals surface area (Å²) >= 11 is 0. The van der Waals surface area contributed by atoms with Gasteiger partial charge in [0.05, 0.1) is 24.6 Å². The van der Waals surface area contributed by atoms with Crippen LogP contribution in [0, 0.1) is 23.7 Å². The van der Waals surface area contributed by atoms with E-state index in [1.165, 1.54) is 37.2 Å². The molecule has 232 valence electrons. The predicted molar refractivity (Wildman–Crippen MR) is 155 cm³/mol. The summed E-state index contributed by atoms with van der Waals surface area (Å²) in [4.78, 5) is 85.3. The highest BCUT2D eigenvalue weighted by atomic mass is 16.7. The average molecular weight is 607 g/mol. The van der Waals surface area contributed by atoms with Crippen LogP contribution in [0.4, 0.5) is 5.69 Å². The van der Waals surface area contributed by atoms with E-state index in [1.807, 2.05) is 0 Å². The van der Waals surface area contributed by atoms with Crippen molar-refractivity contribution in [2.24, 2.45) is 29.4 Å². The number of rotatable bonds is 7. The number of phenolic OH excluding ortho intramolecular Hbond substituents is 1. The van der Waals surface area contributed by atoms with Crippen molar-refractivity contribution in [2.75, 3.05) is 40.1 Å². The lowest BCUT2D eigenvalue weighted by atomic mass is 9.52. The first kappa shape index (κ1) is 31.1. The van der Waals surface area contributed by atoms with Crippen molar-refractivity contribution in [1.82, 2.24) is 9.96 Å². The van der Waals surface area contributed by atoms with Crippen LogP contribution >= 0.6 is 0 Å². The van der Waals surface area contributed by atoms with Crippen molar-refractivity contribution >= 4 is 40.6 Å². The Balaban J connectivity index is 1.52. The molecule has 3 aliphatic rings. The molecule has 0 bridgehead atoms. The van der Waals surface area contributed by atoms with Gasteiger partial charge in [0.25, 0.3) is 0 Å². The third-order valence-corrected chi connectivity index (χ3v) is 9.10. The fourth-order valence-electron chi connectivity index (χ4n) is 7.08. The Morgan fingerprint density at radius 1 is 1.05 bits per heavy atom. The van der Waals surface area contributed by atoms with Gasteiger partial charge in [-0.2, -0.15) is 5.06 Å². The van der Waals surface area contributed by atoms with Crippen molar-refractivity contribution in [3.63, 3.8) is 0 Å². The molecule has 13 nitrogen and oxygen atoms in total. The van der Waals surface area contributed by atoms with Gasteiger partial charge in [0.2, 0.25) is 11.8 Å². The van der Waals surface area contributed by atoms with Gasteiger partial charge in [-0.15, -0.1) is 0 Å². The standard InChI is InChI=1S/C31H34N4O9/c1-34(2)25-19-12-15-11-18-17(14-5-7-16(8-6-14)33-21(37)13-35(3)44-4)9-10-20(36)23(18)26(38)22(15)28(40)31(19,43)29(41)24(27(25)39)30(32)42/h5-10,15,19,22,24-25,36,43H,11-13H2,1-4H3,(H2,32,42)(H,33,37). The lowest BCUT2D eigenvalue weighted by Crippen LogP contribution is -2.74. The summed E-state index contributed by atoms with van der Waals surface area (Å²) in [7, 11) is 6.13. The van der Waals surface area contributed by atoms with E-state index in [2.05, 4.69) is 5.32 Å². The summed E-state index contributed by atoms with van der Waals surface area (Å²) < 4.78 is 0. The Morgan fingerprint density at radius 2 is 1.70 bits per heavy atom. The highest BCUT2D eigenvalue weighted by molar-refractivity contribution is 6.32. The van der Waals surface area contributed by atoms with E-state index in [4.69, 9.17) is 10.6 Å². The number of likely N-dealkylation sites (N-methyl/N-ethyl adjacent to an activating group) is 2. The molecule has 13 heteroatoms. The molecule has 0 saturated heterocycles. The van der Waals surface area contributed by atoms with Gasteiger partial charge in [0, 0.05) is 18.7 Å². The molecule has 44 heavy (non-hydrogen) atoms. The Labute approximate surface area is 252 Å². The van der Waals surface area contributed by atoms with Crippen molar-refractivity contribution in [2.45, 2.75) is 24.5 Å². The van der Waals surface area contributed by atoms with Crippen LogP contribution in [0.2, 0.25) is 0 Å². The highest BCUT2D eigenvalue weighted by Gasteiger charge is 2.69. The lowest BCUT2D eigenvalue weighted by Gasteiger charge is -2.52. The van der Waals surface area contributed by atoms with Gasteiger partial charge in [-0.25, -0.2) is 0 Å². The molecule has 0 aliphatic heterocycles. The number of carbonyl (C=O) groups is 6. The maximum atomic E-state index is 14.0. The topological polar surface area (TPSA) is 197 Å². The average Bonchev–Trinajstić information content (AvgIpc) is 2.95. The van der Waals surface area contributed by atoms with Crippen molar-refractivity contribution in [3.05, 3.63) is 47.5 Å². The van der Waals surface area contributed by atoms with Gasteiger partial charge in [-0.05, 0) is 67.7 Å². The van der Waals surface area contributed by atoms with E-state index in [9.17, 15) is 39.0 Å². The van der Waals surface area contributed by atoms with E-state index < -0.39 is 64.4 Å². The van der Waals surface area contributed by atoms with E-state index in [1.54, 1.807) is 37.4 Å². The molecule has 2 aromatic rings. The monoisotopic (exact) mass is 606 g/mol. The van der Waals surface area contributed by atoms with E-state index in [-0.39, 0.29) is 36.6 Å². The van der Waals surface area contributed by atoms with Gasteiger partial charge >= 0.3 is 0 Å². The third-order valence-electron chi connectivity index (χ3n) is 9.10. The van der Waals surface area contributed by atoms with Crippen LogP contribution in [0.25, 0.3) is 11.1 Å². The number of aliphatic hydroxyl groups is 1. The Bertz CT molecular complexity index is 1590. The fourth-order valence-corrected chi connectivity index (χ4v) is 7.08. The largest absolute Gasteiger partial charge is 0.507 e. The van der Waals surface area contributed by atoms with Crippen LogP contribution in [0.3, 0.4) is 0 Å². The summed E-state index contributed by atoms with van der Waals surface area (Å²) in [6, 6.07) is 8.68. The van der Waals surface area contributed by atoms with Gasteiger partial charge in [-0.3, -0.25) is 33.7 Å². The number of hydrogen-bond donors (Lipinski definition) is 4. The summed E-state index contributed by atoms with van der Waals surface area (Å²) in [6.45, 7) is 0.0122. The van der Waals surface area contributed by atoms with Crippen LogP contribution in [0.15, 0.2) is 36.4 Å². The zero-order chi connectivity index (χ0) is 32.2. The molecule has 6 atom stereocenters. The number of fused-ring (bicyclic) bond motifs is 3. The number of benzene rings is 2. The maximum Gasteiger partial charge on any atom is 0.240 e. The second-order valence-electron chi connectivity index (χ2n) is 11.9. The molecule has 3 aliphatic carbocycles. The second-order valence-corrected chi connectivity index (χ2v) is 11.9. The second kappa shape index (κ2) is 11.3. The summed E-state index contributed by atoms with van der Waals surface area (Å²) in [5.74, 6) is -11.3. The third kappa shape index (κ3) is 4.81. The van der Waals surface area contributed by atoms with Gasteiger partial charge in [0.15, 0.2) is 34.7 Å². The van der Waals surface area contributed by atoms with E-state index in [0.717, 1.165) is 0 Å². The number of hydrogen-bond acceptors (Lipinski definition) is 11. The minimum atomic E-state index is -2.78. The molecule has 2 amide bonds. The van der Waals surface area contributed by atoms with Crippen LogP contribution in [0.5, 0.6) is 5.75 Å². The van der Waals surface area contributed by atoms with Crippen LogP contribution < -0.4 is 11.1 Å². The number of nitrogens with two attached hydrogens (primary N) is 1. The molecule has 0 spiro atoms. The molecule has 2 fully saturated rings. The highest BCUT2D eigenvalue weighted by Crippen LogP contribution is 2.51. The number of aromatic hydroxyl groups is 1. The number of nitrogens with one attached hydrogen (secondary N) is 1. The van der Waals surface area contributed by atoms with Gasteiger partial charge < -0.3 is 26.1 Å². The van der Waals surface area contributed by atoms with Crippen LogP contribution in [-0.2, 0) is 35.2 Å². The van der Waals surface area contributed by atoms with Gasteiger partial charge in [-0.1, -0.05) is 18.2 Å². The molecule has 6 unspecified atom stereocenters. The number of amides is 2. The Kier molecular flexibility index (Phi) is 8.01. The number of phenols is 1. The lowest BCUT2D eigenvalue weighted by molar-refractivity contribution is -0.181. The Morgan fingerprint density at radius 3 is 2.30 bits per heavy atom. The molecule has 0 radical (unpaired) electrons. The van der Waals surface area contributed by atoms with Crippen LogP contribution in [0.1, 0.15) is 22.3 Å². The molecular formula is C31H34N4O9. The van der Waals surface area contributed by atoms with Crippen molar-refractivity contribution in [3.8, 4) is 16.9 Å². The summed E-state index contributed by atoms with van der Waals surface area (Å²) in [6.07, 6.45) is 0.0945. The number of primary amides is 1. The fraction of sp³-hybridized carbons (Fsp3) is 0.419. The summed E-state index contributed by atoms with van der Waals surface area (Å²) in [5.41, 5.74) is 4.80. The van der Waals surface area contributed by atoms with Gasteiger partial charge in [0.1, 0.15) is 12.3 Å². The Hall–Kier alpha value is -4.30. The normalized spacial score (nSPS) is 28.0. The first-order valence-corrected chi connectivity index (χ1v) is 14.1. The molecule has 2 aromatic carbocycles. The smallest absolute Gasteiger partial charge is 0.240 e. The number of Topliss-reactive ketones (excluding diaryl/α,β-unsaturated/α-hetero) is 4. The summed E-state index contributed by atoms with van der Waals surface area (Å²) in [5, 5.41) is 26.6. The van der Waals surface area contributed by atoms with E-state index >= 15 is 0 Å². The minimum absolute atomic E-state index is 0.0122. The first-order valence-electron chi connectivity index (χ1n) is 14.1. The molecular weight excluding hydrogens is 572 g/mol. The van der Waals surface area contributed by atoms with Crippen molar-refractivity contribution < 1.29 is 43.8 Å². The molecule has 5 rings (SSSR count). The zero-order valence-corrected chi connectivity index (χ0v) is 24.7. The minimum Gasteiger partial charge on any atom is -0.507 e. The number of hydroxylamine groups is 2. The maximum absolute atomic E-state index is 14.0. The van der Waals surface area contributed by atoms with Crippen LogP contribution in [-0.4, -0.2) is 102 Å². The first-order chi connectivity index (χ1) is 20.7. The number of anilines is 1. The van der Waals surface area contributed by atoms with E-state index in [0.29, 0.717) is 22.4 Å².